The summed E-state index contributed by atoms with van der Waals surface area (Å²) in [5.41, 5.74) is 2.24. The van der Waals surface area contributed by atoms with E-state index in [1.54, 1.807) is 6.92 Å². The fourth-order valence-corrected chi connectivity index (χ4v) is 1.21. The predicted octanol–water partition coefficient (Wildman–Crippen LogP) is 3.43. The van der Waals surface area contributed by atoms with Crippen molar-refractivity contribution in [1.29, 1.82) is 0 Å². The smallest absolute Gasteiger partial charge is 0.0402 e. The average Bonchev–Trinajstić information content (AvgIpc) is 2.33. The van der Waals surface area contributed by atoms with Gasteiger partial charge in [0, 0.05) is 18.0 Å². The van der Waals surface area contributed by atoms with Gasteiger partial charge in [-0.3, -0.25) is 0 Å². The van der Waals surface area contributed by atoms with Crippen LogP contribution in [0, 0.1) is 0 Å². The quantitative estimate of drug-likeness (QED) is 0.804. The molecule has 2 nitrogen and oxygen atoms in total. The normalized spacial score (nSPS) is 8.88. The van der Waals surface area contributed by atoms with Crippen molar-refractivity contribution < 1.29 is 5.11 Å². The Hall–Kier alpha value is -1.80. The molecular formula is C14H17NO. The molecule has 2 aromatic rings. The highest BCUT2D eigenvalue weighted by Gasteiger charge is 1.89. The summed E-state index contributed by atoms with van der Waals surface area (Å²) >= 11 is 0. The third-order valence-electron chi connectivity index (χ3n) is 1.84. The van der Waals surface area contributed by atoms with Gasteiger partial charge >= 0.3 is 0 Å². The molecule has 0 aliphatic carbocycles. The Morgan fingerprint density at radius 1 is 0.812 bits per heavy atom. The second-order valence-electron chi connectivity index (χ2n) is 3.17. The minimum absolute atomic E-state index is 0.250. The Kier molecular flexibility index (Phi) is 5.74. The fourth-order valence-electron chi connectivity index (χ4n) is 1.21. The zero-order valence-electron chi connectivity index (χ0n) is 9.43. The van der Waals surface area contributed by atoms with Gasteiger partial charge < -0.3 is 10.4 Å². The zero-order chi connectivity index (χ0) is 11.6. The number of hydrogen-bond acceptors (Lipinski definition) is 2. The maximum atomic E-state index is 7.57. The molecule has 84 valence electrons. The van der Waals surface area contributed by atoms with Gasteiger partial charge in [0.15, 0.2) is 0 Å². The van der Waals surface area contributed by atoms with Crippen LogP contribution in [-0.4, -0.2) is 11.7 Å². The molecule has 0 spiro atoms. The van der Waals surface area contributed by atoms with Crippen molar-refractivity contribution in [2.45, 2.75) is 6.92 Å². The molecule has 0 aromatic heterocycles. The molecular weight excluding hydrogens is 198 g/mol. The topological polar surface area (TPSA) is 32.3 Å². The van der Waals surface area contributed by atoms with Crippen LogP contribution in [0.2, 0.25) is 0 Å². The van der Waals surface area contributed by atoms with E-state index in [1.807, 2.05) is 60.7 Å². The molecule has 2 heteroatoms. The molecule has 0 saturated heterocycles. The Balaban J connectivity index is 0.000000386. The van der Waals surface area contributed by atoms with Gasteiger partial charge in [0.2, 0.25) is 0 Å². The van der Waals surface area contributed by atoms with Gasteiger partial charge in [-0.05, 0) is 31.2 Å². The van der Waals surface area contributed by atoms with E-state index in [-0.39, 0.29) is 6.61 Å². The van der Waals surface area contributed by atoms with Crippen LogP contribution in [0.4, 0.5) is 11.4 Å². The van der Waals surface area contributed by atoms with Gasteiger partial charge in [-0.25, -0.2) is 0 Å². The molecule has 0 heterocycles. The third-order valence-corrected chi connectivity index (χ3v) is 1.84. The highest BCUT2D eigenvalue weighted by Crippen LogP contribution is 2.14. The average molecular weight is 215 g/mol. The molecule has 0 radical (unpaired) electrons. The monoisotopic (exact) mass is 215 g/mol. The number of nitrogens with one attached hydrogen (secondary N) is 1. The lowest BCUT2D eigenvalue weighted by Crippen LogP contribution is -1.87. The second kappa shape index (κ2) is 7.49. The second-order valence-corrected chi connectivity index (χ2v) is 3.17. The summed E-state index contributed by atoms with van der Waals surface area (Å²) < 4.78 is 0. The summed E-state index contributed by atoms with van der Waals surface area (Å²) in [7, 11) is 0. The van der Waals surface area contributed by atoms with E-state index in [4.69, 9.17) is 5.11 Å². The van der Waals surface area contributed by atoms with E-state index in [1.165, 1.54) is 0 Å². The van der Waals surface area contributed by atoms with E-state index in [2.05, 4.69) is 5.32 Å². The molecule has 0 atom stereocenters. The maximum absolute atomic E-state index is 7.57. The Morgan fingerprint density at radius 3 is 1.44 bits per heavy atom. The van der Waals surface area contributed by atoms with Gasteiger partial charge in [0.25, 0.3) is 0 Å². The van der Waals surface area contributed by atoms with Gasteiger partial charge in [-0.2, -0.15) is 0 Å². The van der Waals surface area contributed by atoms with Crippen LogP contribution in [0.15, 0.2) is 60.7 Å². The van der Waals surface area contributed by atoms with Crippen molar-refractivity contribution in [3.63, 3.8) is 0 Å². The predicted molar refractivity (Wildman–Crippen MR) is 68.9 cm³/mol. The maximum Gasteiger partial charge on any atom is 0.0402 e. The molecule has 0 aliphatic rings. The molecule has 0 bridgehead atoms. The molecule has 2 rings (SSSR count). The summed E-state index contributed by atoms with van der Waals surface area (Å²) in [5, 5.41) is 10.9. The van der Waals surface area contributed by atoms with Crippen LogP contribution in [0.5, 0.6) is 0 Å². The first kappa shape index (κ1) is 12.3. The van der Waals surface area contributed by atoms with E-state index in [0.29, 0.717) is 0 Å². The number of para-hydroxylation sites is 2. The first-order valence-electron chi connectivity index (χ1n) is 5.34. The largest absolute Gasteiger partial charge is 0.397 e. The van der Waals surface area contributed by atoms with Crippen LogP contribution >= 0.6 is 0 Å². The molecule has 0 aliphatic heterocycles. The molecule has 0 amide bonds. The summed E-state index contributed by atoms with van der Waals surface area (Å²) in [4.78, 5) is 0. The van der Waals surface area contributed by atoms with Gasteiger partial charge in [0.05, 0.1) is 0 Å². The van der Waals surface area contributed by atoms with Crippen molar-refractivity contribution in [2.75, 3.05) is 11.9 Å². The SMILES string of the molecule is CCO.c1ccc(Nc2ccccc2)cc1. The fraction of sp³-hybridized carbons (Fsp3) is 0.143. The van der Waals surface area contributed by atoms with Gasteiger partial charge in [-0.1, -0.05) is 36.4 Å². The van der Waals surface area contributed by atoms with Gasteiger partial charge in [-0.15, -0.1) is 0 Å². The molecule has 2 N–H and O–H groups in total. The van der Waals surface area contributed by atoms with Crippen LogP contribution in [-0.2, 0) is 0 Å². The molecule has 16 heavy (non-hydrogen) atoms. The molecule has 2 aromatic carbocycles. The first-order chi connectivity index (χ1) is 7.86. The van der Waals surface area contributed by atoms with E-state index in [9.17, 15) is 0 Å². The van der Waals surface area contributed by atoms with E-state index < -0.39 is 0 Å². The number of benzene rings is 2. The lowest BCUT2D eigenvalue weighted by molar-refractivity contribution is 0.318. The first-order valence-corrected chi connectivity index (χ1v) is 5.34. The Labute approximate surface area is 96.6 Å². The van der Waals surface area contributed by atoms with Crippen LogP contribution in [0.1, 0.15) is 6.92 Å². The number of aliphatic hydroxyl groups is 1. The zero-order valence-corrected chi connectivity index (χ0v) is 9.43. The summed E-state index contributed by atoms with van der Waals surface area (Å²) in [6.07, 6.45) is 0. The van der Waals surface area contributed by atoms with Crippen LogP contribution in [0.25, 0.3) is 0 Å². The van der Waals surface area contributed by atoms with Crippen molar-refractivity contribution in [1.82, 2.24) is 0 Å². The van der Waals surface area contributed by atoms with Gasteiger partial charge in [0.1, 0.15) is 0 Å². The highest BCUT2D eigenvalue weighted by molar-refractivity contribution is 5.58. The third kappa shape index (κ3) is 4.62. The molecule has 0 fully saturated rings. The number of anilines is 2. The summed E-state index contributed by atoms with van der Waals surface area (Å²) in [6, 6.07) is 20.3. The van der Waals surface area contributed by atoms with Crippen molar-refractivity contribution >= 4 is 11.4 Å². The van der Waals surface area contributed by atoms with E-state index in [0.717, 1.165) is 11.4 Å². The minimum Gasteiger partial charge on any atom is -0.397 e. The molecule has 0 saturated carbocycles. The van der Waals surface area contributed by atoms with Crippen molar-refractivity contribution in [3.8, 4) is 0 Å². The minimum atomic E-state index is 0.250. The molecule has 0 unspecified atom stereocenters. The van der Waals surface area contributed by atoms with Crippen LogP contribution in [0.3, 0.4) is 0 Å². The standard InChI is InChI=1S/C12H11N.C2H6O/c1-3-7-11(8-4-1)13-12-9-5-2-6-10-12;1-2-3/h1-10,13H;3H,2H2,1H3. The number of rotatable bonds is 2. The number of hydrogen-bond donors (Lipinski definition) is 2. The Bertz CT molecular complexity index is 335. The van der Waals surface area contributed by atoms with Crippen molar-refractivity contribution in [2.24, 2.45) is 0 Å². The number of aliphatic hydroxyl groups excluding tert-OH is 1. The van der Waals surface area contributed by atoms with Crippen molar-refractivity contribution in [3.05, 3.63) is 60.7 Å². The van der Waals surface area contributed by atoms with E-state index >= 15 is 0 Å². The summed E-state index contributed by atoms with van der Waals surface area (Å²) in [5.74, 6) is 0. The highest BCUT2D eigenvalue weighted by atomic mass is 16.2. The Morgan fingerprint density at radius 2 is 1.12 bits per heavy atom. The van der Waals surface area contributed by atoms with Crippen LogP contribution < -0.4 is 5.32 Å². The lowest BCUT2D eigenvalue weighted by atomic mass is 10.3. The summed E-state index contributed by atoms with van der Waals surface area (Å²) in [6.45, 7) is 1.93. The lowest BCUT2D eigenvalue weighted by Gasteiger charge is -2.04.